The monoisotopic (exact) mass is 471 g/mol. The van der Waals surface area contributed by atoms with Gasteiger partial charge in [0.15, 0.2) is 0 Å². The van der Waals surface area contributed by atoms with Gasteiger partial charge >= 0.3 is 21.7 Å². The van der Waals surface area contributed by atoms with E-state index in [1.165, 1.54) is 22.3 Å². The molecule has 1 aliphatic carbocycles. The molecule has 3 aromatic carbocycles. The average Bonchev–Trinajstić information content (AvgIpc) is 3.08. The minimum Gasteiger partial charge on any atom is -1.00 e. The van der Waals surface area contributed by atoms with Crippen LogP contribution in [0.4, 0.5) is 0 Å². The van der Waals surface area contributed by atoms with E-state index in [1.54, 1.807) is 0 Å². The van der Waals surface area contributed by atoms with Crippen molar-refractivity contribution in [3.05, 3.63) is 125 Å². The number of hydrogen-bond acceptors (Lipinski definition) is 1. The normalized spacial score (nSPS) is 11.9. The van der Waals surface area contributed by atoms with Crippen molar-refractivity contribution in [2.24, 2.45) is 0 Å². The Hall–Kier alpha value is -1.61. The van der Waals surface area contributed by atoms with Gasteiger partial charge in [-0.2, -0.15) is 0 Å². The summed E-state index contributed by atoms with van der Waals surface area (Å²) < 4.78 is 0. The quantitative estimate of drug-likeness (QED) is 0.432. The van der Waals surface area contributed by atoms with Gasteiger partial charge in [-0.05, 0) is 31.4 Å². The van der Waals surface area contributed by atoms with Gasteiger partial charge in [0.1, 0.15) is 6.10 Å². The molecule has 0 amide bonds. The van der Waals surface area contributed by atoms with Crippen LogP contribution in [-0.4, -0.2) is 5.11 Å². The van der Waals surface area contributed by atoms with Crippen molar-refractivity contribution >= 4 is 5.57 Å². The Morgan fingerprint density at radius 3 is 1.67 bits per heavy atom. The molecule has 0 heterocycles. The molecule has 4 heteroatoms. The summed E-state index contributed by atoms with van der Waals surface area (Å²) in [6, 6.07) is 30.8. The number of allylic oxidation sites excluding steroid dienone is 4. The summed E-state index contributed by atoms with van der Waals surface area (Å²) in [5, 5.41) is 9.99. The molecule has 153 valence electrons. The predicted molar refractivity (Wildman–Crippen MR) is 113 cm³/mol. The molecule has 30 heavy (non-hydrogen) atoms. The van der Waals surface area contributed by atoms with E-state index in [0.29, 0.717) is 0 Å². The Morgan fingerprint density at radius 2 is 1.27 bits per heavy atom. The van der Waals surface area contributed by atoms with E-state index in [4.69, 9.17) is 0 Å². The Kier molecular flexibility index (Phi) is 13.6. The van der Waals surface area contributed by atoms with Crippen LogP contribution in [0.1, 0.15) is 43.1 Å². The maximum absolute atomic E-state index is 9.99. The van der Waals surface area contributed by atoms with Crippen LogP contribution in [-0.2, 0) is 21.7 Å². The fourth-order valence-electron chi connectivity index (χ4n) is 3.16. The predicted octanol–water partition coefficient (Wildman–Crippen LogP) is 0.384. The van der Waals surface area contributed by atoms with Crippen molar-refractivity contribution in [1.82, 2.24) is 0 Å². The van der Waals surface area contributed by atoms with Crippen molar-refractivity contribution in [3.63, 3.8) is 0 Å². The molecule has 4 rings (SSSR count). The Morgan fingerprint density at radius 1 is 0.767 bits per heavy atom. The summed E-state index contributed by atoms with van der Waals surface area (Å²) >= 11 is 0. The van der Waals surface area contributed by atoms with Gasteiger partial charge in [-0.1, -0.05) is 77.9 Å². The van der Waals surface area contributed by atoms with Gasteiger partial charge in [0.25, 0.3) is 0 Å². The largest absolute Gasteiger partial charge is 3.00 e. The van der Waals surface area contributed by atoms with E-state index in [0.717, 1.165) is 17.5 Å². The van der Waals surface area contributed by atoms with Crippen molar-refractivity contribution in [2.75, 3.05) is 0 Å². The van der Waals surface area contributed by atoms with E-state index in [-0.39, 0.29) is 46.5 Å². The Bertz CT molecular complexity index is 884. The van der Waals surface area contributed by atoms with Crippen LogP contribution in [0.2, 0.25) is 0 Å². The number of rotatable bonds is 3. The third-order valence-electron chi connectivity index (χ3n) is 4.92. The molecule has 0 unspecified atom stereocenters. The van der Waals surface area contributed by atoms with Crippen LogP contribution < -0.4 is 24.8 Å². The first-order valence-corrected chi connectivity index (χ1v) is 9.28. The molecule has 0 atom stereocenters. The second-order valence-corrected chi connectivity index (χ2v) is 6.69. The summed E-state index contributed by atoms with van der Waals surface area (Å²) in [5.74, 6) is 0. The van der Waals surface area contributed by atoms with Crippen LogP contribution in [0.25, 0.3) is 5.57 Å². The maximum Gasteiger partial charge on any atom is 3.00 e. The third kappa shape index (κ3) is 7.58. The van der Waals surface area contributed by atoms with Crippen molar-refractivity contribution in [1.29, 1.82) is 0 Å². The molecule has 0 bridgehead atoms. The molecule has 0 saturated carbocycles. The van der Waals surface area contributed by atoms with E-state index < -0.39 is 6.10 Å². The Balaban J connectivity index is 0.000000511. The summed E-state index contributed by atoms with van der Waals surface area (Å²) in [7, 11) is 0. The first-order valence-electron chi connectivity index (χ1n) is 9.28. The van der Waals surface area contributed by atoms with E-state index in [1.807, 2.05) is 72.8 Å². The first kappa shape index (κ1) is 28.4. The van der Waals surface area contributed by atoms with E-state index in [2.05, 4.69) is 38.1 Å². The fourth-order valence-corrected chi connectivity index (χ4v) is 3.16. The molecule has 1 aliphatic rings. The standard InChI is InChI=1S/C13H12O.C13H13.2ClH.Ti/c14-13(11-7-3-1-4-8-11)12-9-5-2-6-10-12;1-10-8-9-13(11(10)2)12-6-4-3-5-7-12;;;/h1-10,13-14H;3-6,8H,9H2,1-2H3;2*1H;/q;-1;;;+3/p-2. The molecule has 0 fully saturated rings. The zero-order valence-corrected chi connectivity index (χ0v) is 20.2. The minimum atomic E-state index is -0.516. The number of hydrogen-bond donors (Lipinski definition) is 1. The first-order chi connectivity index (χ1) is 13.2. The molecule has 1 N–H and O–H groups in total. The Labute approximate surface area is 207 Å². The number of aliphatic hydroxyl groups is 1. The van der Waals surface area contributed by atoms with Crippen molar-refractivity contribution in [2.45, 2.75) is 26.4 Å². The van der Waals surface area contributed by atoms with Gasteiger partial charge in [0.05, 0.1) is 0 Å². The fraction of sp³-hybridized carbons (Fsp3) is 0.154. The minimum absolute atomic E-state index is 0. The molecule has 0 spiro atoms. The second-order valence-electron chi connectivity index (χ2n) is 6.69. The number of aliphatic hydroxyl groups excluding tert-OH is 1. The topological polar surface area (TPSA) is 20.2 Å². The van der Waals surface area contributed by atoms with Gasteiger partial charge in [-0.15, -0.1) is 41.5 Å². The van der Waals surface area contributed by atoms with Gasteiger partial charge < -0.3 is 29.9 Å². The van der Waals surface area contributed by atoms with Gasteiger partial charge in [-0.3, -0.25) is 0 Å². The van der Waals surface area contributed by atoms with Crippen LogP contribution in [0.15, 0.2) is 102 Å². The van der Waals surface area contributed by atoms with Crippen molar-refractivity contribution in [3.8, 4) is 0 Å². The van der Waals surface area contributed by atoms with Crippen molar-refractivity contribution < 1.29 is 51.6 Å². The number of halogens is 2. The molecular weight excluding hydrogens is 447 g/mol. The van der Waals surface area contributed by atoms with Crippen LogP contribution in [0, 0.1) is 6.07 Å². The van der Waals surface area contributed by atoms with Crippen LogP contribution in [0.3, 0.4) is 0 Å². The zero-order valence-electron chi connectivity index (χ0n) is 17.1. The maximum atomic E-state index is 9.99. The van der Waals surface area contributed by atoms with E-state index >= 15 is 0 Å². The summed E-state index contributed by atoms with van der Waals surface area (Å²) in [6.07, 6.45) is 2.83. The number of benzene rings is 3. The molecule has 0 aromatic heterocycles. The zero-order chi connectivity index (χ0) is 19.1. The molecule has 1 nitrogen and oxygen atoms in total. The molecule has 0 aliphatic heterocycles. The molecule has 1 radical (unpaired) electrons. The van der Waals surface area contributed by atoms with Gasteiger partial charge in [0.2, 0.25) is 0 Å². The average molecular weight is 472 g/mol. The SMILES string of the molecule is CC1=CCC(c2[c-]cccc2)=C1C.OC(c1ccccc1)c1ccccc1.[Cl-].[Cl-].[Ti+3]. The van der Waals surface area contributed by atoms with Gasteiger partial charge in [0, 0.05) is 0 Å². The smallest absolute Gasteiger partial charge is 1.00 e. The third-order valence-corrected chi connectivity index (χ3v) is 4.92. The van der Waals surface area contributed by atoms with Gasteiger partial charge in [-0.25, -0.2) is 0 Å². The molecular formula is C26H25Cl2OTi. The molecule has 0 saturated heterocycles. The van der Waals surface area contributed by atoms with Crippen LogP contribution in [0.5, 0.6) is 0 Å². The molecule has 3 aromatic rings. The summed E-state index contributed by atoms with van der Waals surface area (Å²) in [4.78, 5) is 0. The second kappa shape index (κ2) is 14.4. The van der Waals surface area contributed by atoms with Crippen LogP contribution >= 0.6 is 0 Å². The van der Waals surface area contributed by atoms with E-state index in [9.17, 15) is 5.11 Å². The summed E-state index contributed by atoms with van der Waals surface area (Å²) in [5.41, 5.74) is 7.36. The summed E-state index contributed by atoms with van der Waals surface area (Å²) in [6.45, 7) is 4.36.